The predicted molar refractivity (Wildman–Crippen MR) is 75.0 cm³/mol. The third kappa shape index (κ3) is 4.87. The van der Waals surface area contributed by atoms with Crippen LogP contribution in [0.25, 0.3) is 0 Å². The molecule has 0 aliphatic rings. The van der Waals surface area contributed by atoms with Crippen molar-refractivity contribution in [2.45, 2.75) is 33.1 Å². The number of anilines is 2. The first kappa shape index (κ1) is 14.7. The van der Waals surface area contributed by atoms with Crippen LogP contribution >= 0.6 is 0 Å². The molecule has 1 heterocycles. The number of unbranched alkanes of at least 4 members (excludes halogenated alkanes) is 1. The molecule has 0 saturated carbocycles. The van der Waals surface area contributed by atoms with Crippen molar-refractivity contribution < 1.29 is 5.11 Å². The van der Waals surface area contributed by atoms with Crippen molar-refractivity contribution in [3.8, 4) is 0 Å². The molecule has 0 radical (unpaired) electrons. The van der Waals surface area contributed by atoms with Gasteiger partial charge in [0.05, 0.1) is 6.61 Å². The van der Waals surface area contributed by atoms with E-state index in [2.05, 4.69) is 34.0 Å². The number of rotatable bonds is 9. The van der Waals surface area contributed by atoms with Gasteiger partial charge in [-0.25, -0.2) is 9.97 Å². The average molecular weight is 252 g/mol. The number of hydrogen-bond acceptors (Lipinski definition) is 5. The maximum atomic E-state index is 9.11. The van der Waals surface area contributed by atoms with Crippen LogP contribution in [-0.2, 0) is 0 Å². The van der Waals surface area contributed by atoms with Crippen molar-refractivity contribution in [2.75, 3.05) is 36.5 Å². The fourth-order valence-electron chi connectivity index (χ4n) is 1.68. The van der Waals surface area contributed by atoms with Crippen molar-refractivity contribution in [3.05, 3.63) is 12.4 Å². The van der Waals surface area contributed by atoms with Crippen LogP contribution in [0, 0.1) is 0 Å². The predicted octanol–water partition coefficient (Wildman–Crippen LogP) is 1.90. The number of aliphatic hydroxyl groups is 1. The Kier molecular flexibility index (Phi) is 7.10. The van der Waals surface area contributed by atoms with Gasteiger partial charge in [-0.3, -0.25) is 0 Å². The van der Waals surface area contributed by atoms with Crippen molar-refractivity contribution in [1.29, 1.82) is 0 Å². The molecule has 1 aromatic heterocycles. The van der Waals surface area contributed by atoms with Gasteiger partial charge >= 0.3 is 0 Å². The third-order valence-electron chi connectivity index (χ3n) is 2.68. The number of aromatic nitrogens is 2. The van der Waals surface area contributed by atoms with Gasteiger partial charge in [0.25, 0.3) is 0 Å². The highest BCUT2D eigenvalue weighted by Crippen LogP contribution is 2.14. The Morgan fingerprint density at radius 1 is 1.22 bits per heavy atom. The highest BCUT2D eigenvalue weighted by molar-refractivity contribution is 5.48. The topological polar surface area (TPSA) is 61.3 Å². The summed E-state index contributed by atoms with van der Waals surface area (Å²) in [7, 11) is 0. The lowest BCUT2D eigenvalue weighted by molar-refractivity contribution is 0.301. The van der Waals surface area contributed by atoms with Crippen LogP contribution < -0.4 is 10.2 Å². The summed E-state index contributed by atoms with van der Waals surface area (Å²) in [5, 5.41) is 12.4. The molecule has 0 fully saturated rings. The number of aliphatic hydroxyl groups excluding tert-OH is 1. The molecule has 0 bridgehead atoms. The van der Waals surface area contributed by atoms with Crippen molar-refractivity contribution in [2.24, 2.45) is 0 Å². The van der Waals surface area contributed by atoms with Crippen LogP contribution in [0.4, 0.5) is 11.6 Å². The second-order valence-corrected chi connectivity index (χ2v) is 4.25. The molecule has 1 rings (SSSR count). The van der Waals surface area contributed by atoms with Gasteiger partial charge in [-0.1, -0.05) is 20.3 Å². The van der Waals surface area contributed by atoms with Crippen LogP contribution in [0.15, 0.2) is 12.4 Å². The Morgan fingerprint density at radius 2 is 2.06 bits per heavy atom. The lowest BCUT2D eigenvalue weighted by Crippen LogP contribution is -2.28. The molecule has 0 atom stereocenters. The quantitative estimate of drug-likeness (QED) is 0.703. The maximum Gasteiger partial charge on any atom is 0.134 e. The molecular weight excluding hydrogens is 228 g/mol. The third-order valence-corrected chi connectivity index (χ3v) is 2.68. The Morgan fingerprint density at radius 3 is 2.72 bits per heavy atom. The summed E-state index contributed by atoms with van der Waals surface area (Å²) in [5.41, 5.74) is 0. The molecule has 5 heteroatoms. The van der Waals surface area contributed by atoms with Gasteiger partial charge in [-0.15, -0.1) is 0 Å². The Bertz CT molecular complexity index is 333. The van der Waals surface area contributed by atoms with E-state index in [1.54, 1.807) is 6.33 Å². The van der Waals surface area contributed by atoms with Gasteiger partial charge in [0, 0.05) is 25.7 Å². The minimum absolute atomic E-state index is 0.144. The van der Waals surface area contributed by atoms with Crippen molar-refractivity contribution in [1.82, 2.24) is 9.97 Å². The van der Waals surface area contributed by atoms with Gasteiger partial charge in [0.15, 0.2) is 0 Å². The maximum absolute atomic E-state index is 9.11. The normalized spacial score (nSPS) is 10.4. The molecular formula is C13H24N4O. The molecule has 0 unspecified atom stereocenters. The monoisotopic (exact) mass is 252 g/mol. The zero-order chi connectivity index (χ0) is 13.2. The molecule has 0 aliphatic heterocycles. The SMILES string of the molecule is CCCCN(CCO)c1cc(NCCC)ncn1. The molecule has 0 saturated heterocycles. The summed E-state index contributed by atoms with van der Waals surface area (Å²) in [6.07, 6.45) is 4.87. The Hall–Kier alpha value is -1.36. The smallest absolute Gasteiger partial charge is 0.134 e. The molecule has 0 amide bonds. The lowest BCUT2D eigenvalue weighted by atomic mass is 10.3. The van der Waals surface area contributed by atoms with E-state index in [4.69, 9.17) is 5.11 Å². The highest BCUT2D eigenvalue weighted by Gasteiger charge is 2.07. The molecule has 0 aromatic carbocycles. The molecule has 102 valence electrons. The second-order valence-electron chi connectivity index (χ2n) is 4.25. The van der Waals surface area contributed by atoms with Crippen molar-refractivity contribution >= 4 is 11.6 Å². The molecule has 0 aliphatic carbocycles. The highest BCUT2D eigenvalue weighted by atomic mass is 16.3. The molecule has 2 N–H and O–H groups in total. The fourth-order valence-corrected chi connectivity index (χ4v) is 1.68. The number of nitrogens with one attached hydrogen (secondary N) is 1. The summed E-state index contributed by atoms with van der Waals surface area (Å²) in [6, 6.07) is 1.95. The van der Waals surface area contributed by atoms with Crippen LogP contribution in [0.3, 0.4) is 0 Å². The van der Waals surface area contributed by atoms with Gasteiger partial charge in [-0.05, 0) is 12.8 Å². The second kappa shape index (κ2) is 8.69. The first-order chi connectivity index (χ1) is 8.81. The molecule has 5 nitrogen and oxygen atoms in total. The first-order valence-corrected chi connectivity index (χ1v) is 6.73. The minimum Gasteiger partial charge on any atom is -0.395 e. The minimum atomic E-state index is 0.144. The fraction of sp³-hybridized carbons (Fsp3) is 0.692. The van der Waals surface area contributed by atoms with E-state index in [0.29, 0.717) is 6.54 Å². The van der Waals surface area contributed by atoms with Crippen LogP contribution in [0.2, 0.25) is 0 Å². The van der Waals surface area contributed by atoms with E-state index >= 15 is 0 Å². The zero-order valence-electron chi connectivity index (χ0n) is 11.4. The molecule has 0 spiro atoms. The number of hydrogen-bond donors (Lipinski definition) is 2. The summed E-state index contributed by atoms with van der Waals surface area (Å²) >= 11 is 0. The van der Waals surface area contributed by atoms with E-state index in [-0.39, 0.29) is 6.61 Å². The summed E-state index contributed by atoms with van der Waals surface area (Å²) in [4.78, 5) is 10.6. The van der Waals surface area contributed by atoms with Gasteiger partial charge in [0.2, 0.25) is 0 Å². The summed E-state index contributed by atoms with van der Waals surface area (Å²) in [6.45, 7) is 6.86. The van der Waals surface area contributed by atoms with E-state index in [0.717, 1.165) is 44.0 Å². The van der Waals surface area contributed by atoms with Crippen LogP contribution in [-0.4, -0.2) is 41.3 Å². The zero-order valence-corrected chi connectivity index (χ0v) is 11.4. The largest absolute Gasteiger partial charge is 0.395 e. The van der Waals surface area contributed by atoms with E-state index in [9.17, 15) is 0 Å². The standard InChI is InChI=1S/C13H24N4O/c1-3-5-7-17(8-9-18)13-10-12(14-6-4-2)15-11-16-13/h10-11,18H,3-9H2,1-2H3,(H,14,15,16). The van der Waals surface area contributed by atoms with E-state index < -0.39 is 0 Å². The van der Waals surface area contributed by atoms with Crippen LogP contribution in [0.1, 0.15) is 33.1 Å². The summed E-state index contributed by atoms with van der Waals surface area (Å²) < 4.78 is 0. The Labute approximate surface area is 109 Å². The lowest BCUT2D eigenvalue weighted by Gasteiger charge is -2.22. The average Bonchev–Trinajstić information content (AvgIpc) is 2.41. The molecule has 1 aromatic rings. The van der Waals surface area contributed by atoms with Crippen LogP contribution in [0.5, 0.6) is 0 Å². The first-order valence-electron chi connectivity index (χ1n) is 6.73. The van der Waals surface area contributed by atoms with E-state index in [1.807, 2.05) is 6.07 Å². The Balaban J connectivity index is 2.70. The van der Waals surface area contributed by atoms with Gasteiger partial charge in [-0.2, -0.15) is 0 Å². The summed E-state index contributed by atoms with van der Waals surface area (Å²) in [5.74, 6) is 1.73. The molecule has 18 heavy (non-hydrogen) atoms. The van der Waals surface area contributed by atoms with Crippen molar-refractivity contribution in [3.63, 3.8) is 0 Å². The van der Waals surface area contributed by atoms with E-state index in [1.165, 1.54) is 0 Å². The van der Waals surface area contributed by atoms with Gasteiger partial charge < -0.3 is 15.3 Å². The number of nitrogens with zero attached hydrogens (tertiary/aromatic N) is 3. The van der Waals surface area contributed by atoms with Gasteiger partial charge in [0.1, 0.15) is 18.0 Å².